The van der Waals surface area contributed by atoms with Crippen LogP contribution in [0.25, 0.3) is 27.0 Å². The first-order valence-corrected chi connectivity index (χ1v) is 13.4. The van der Waals surface area contributed by atoms with E-state index < -0.39 is 6.10 Å². The standard InChI is InChI=1S/C28H19N5O2S2/c1-3-9-18(10-4-1)20-16-36-26-24(20)27(30-17-29-26)37-28-32-31-25(33(28)19-11-5-2-6-12-19)23-15-34-21-13-7-8-14-22(21)35-23/h1-14,16-17,23H,15H2/t23-/m1/s1. The van der Waals surface area contributed by atoms with E-state index in [1.807, 2.05) is 77.4 Å². The van der Waals surface area contributed by atoms with Gasteiger partial charge in [0, 0.05) is 16.6 Å². The third kappa shape index (κ3) is 4.02. The fourth-order valence-electron chi connectivity index (χ4n) is 4.36. The van der Waals surface area contributed by atoms with Crippen LogP contribution in [-0.4, -0.2) is 31.3 Å². The molecule has 3 aromatic carbocycles. The maximum Gasteiger partial charge on any atom is 0.202 e. The number of hydrogen-bond acceptors (Lipinski definition) is 8. The molecule has 9 heteroatoms. The second kappa shape index (κ2) is 9.34. The summed E-state index contributed by atoms with van der Waals surface area (Å²) in [4.78, 5) is 10.1. The van der Waals surface area contributed by atoms with Gasteiger partial charge >= 0.3 is 0 Å². The molecule has 3 aromatic heterocycles. The highest BCUT2D eigenvalue weighted by Gasteiger charge is 2.30. The number of hydrogen-bond donors (Lipinski definition) is 0. The molecule has 1 aliphatic heterocycles. The van der Waals surface area contributed by atoms with Crippen LogP contribution in [0.3, 0.4) is 0 Å². The van der Waals surface area contributed by atoms with Crippen LogP contribution in [0.4, 0.5) is 0 Å². The molecule has 7 rings (SSSR count). The number of aromatic nitrogens is 5. The molecule has 1 aliphatic rings. The van der Waals surface area contributed by atoms with Gasteiger partial charge < -0.3 is 9.47 Å². The summed E-state index contributed by atoms with van der Waals surface area (Å²) in [5.74, 6) is 2.09. The Bertz CT molecular complexity index is 1700. The predicted molar refractivity (Wildman–Crippen MR) is 144 cm³/mol. The van der Waals surface area contributed by atoms with Crippen LogP contribution in [0.15, 0.2) is 107 Å². The van der Waals surface area contributed by atoms with Crippen molar-refractivity contribution in [1.82, 2.24) is 24.7 Å². The van der Waals surface area contributed by atoms with Crippen molar-refractivity contribution in [2.75, 3.05) is 6.61 Å². The second-order valence-electron chi connectivity index (χ2n) is 8.35. The summed E-state index contributed by atoms with van der Waals surface area (Å²) in [5.41, 5.74) is 3.17. The van der Waals surface area contributed by atoms with Gasteiger partial charge in [0.15, 0.2) is 23.4 Å². The molecular weight excluding hydrogens is 502 g/mol. The minimum Gasteiger partial charge on any atom is -0.485 e. The van der Waals surface area contributed by atoms with Crippen molar-refractivity contribution in [3.8, 4) is 28.3 Å². The molecular formula is C28H19N5O2S2. The van der Waals surface area contributed by atoms with E-state index in [0.717, 1.165) is 37.8 Å². The quantitative estimate of drug-likeness (QED) is 0.237. The van der Waals surface area contributed by atoms with Gasteiger partial charge in [-0.1, -0.05) is 60.7 Å². The van der Waals surface area contributed by atoms with E-state index in [0.29, 0.717) is 23.3 Å². The van der Waals surface area contributed by atoms with E-state index in [9.17, 15) is 0 Å². The number of rotatable bonds is 5. The Balaban J connectivity index is 1.33. The van der Waals surface area contributed by atoms with Crippen molar-refractivity contribution in [3.05, 3.63) is 102 Å². The first kappa shape index (κ1) is 22.0. The summed E-state index contributed by atoms with van der Waals surface area (Å²) in [6.07, 6.45) is 1.19. The van der Waals surface area contributed by atoms with E-state index >= 15 is 0 Å². The maximum atomic E-state index is 6.30. The number of thiophene rings is 1. The highest BCUT2D eigenvalue weighted by molar-refractivity contribution is 7.99. The summed E-state index contributed by atoms with van der Waals surface area (Å²) < 4.78 is 14.3. The molecule has 0 spiro atoms. The average Bonchev–Trinajstić information content (AvgIpc) is 3.59. The van der Waals surface area contributed by atoms with Crippen LogP contribution in [-0.2, 0) is 0 Å². The fourth-order valence-corrected chi connectivity index (χ4v) is 6.30. The third-order valence-corrected chi connectivity index (χ3v) is 7.91. The van der Waals surface area contributed by atoms with Gasteiger partial charge in [-0.2, -0.15) is 0 Å². The minimum absolute atomic E-state index is 0.340. The Hall–Kier alpha value is -4.21. The molecule has 6 aromatic rings. The van der Waals surface area contributed by atoms with Gasteiger partial charge in [0.1, 0.15) is 22.8 Å². The van der Waals surface area contributed by atoms with Crippen LogP contribution in [0.1, 0.15) is 11.9 Å². The number of nitrogens with zero attached hydrogens (tertiary/aromatic N) is 5. The van der Waals surface area contributed by atoms with Gasteiger partial charge in [0.25, 0.3) is 0 Å². The normalized spacial score (nSPS) is 14.6. The number of para-hydroxylation sites is 3. The van der Waals surface area contributed by atoms with Crippen LogP contribution >= 0.6 is 23.1 Å². The highest BCUT2D eigenvalue weighted by atomic mass is 32.2. The van der Waals surface area contributed by atoms with Gasteiger partial charge in [-0.05, 0) is 41.6 Å². The zero-order valence-electron chi connectivity index (χ0n) is 19.4. The van der Waals surface area contributed by atoms with Gasteiger partial charge in [0.2, 0.25) is 5.16 Å². The molecule has 37 heavy (non-hydrogen) atoms. The molecule has 1 atom stereocenters. The Morgan fingerprint density at radius 3 is 2.43 bits per heavy atom. The van der Waals surface area contributed by atoms with Crippen molar-refractivity contribution >= 4 is 33.3 Å². The smallest absolute Gasteiger partial charge is 0.202 e. The Labute approximate surface area is 220 Å². The van der Waals surface area contributed by atoms with Crippen LogP contribution in [0, 0.1) is 0 Å². The molecule has 0 unspecified atom stereocenters. The topological polar surface area (TPSA) is 75.0 Å². The lowest BCUT2D eigenvalue weighted by Gasteiger charge is -2.26. The van der Waals surface area contributed by atoms with Gasteiger partial charge in [-0.3, -0.25) is 4.57 Å². The Morgan fingerprint density at radius 1 is 0.838 bits per heavy atom. The number of ether oxygens (including phenoxy) is 2. The van der Waals surface area contributed by atoms with E-state index in [1.54, 1.807) is 17.7 Å². The lowest BCUT2D eigenvalue weighted by atomic mass is 10.1. The molecule has 4 heterocycles. The van der Waals surface area contributed by atoms with Crippen molar-refractivity contribution in [3.63, 3.8) is 0 Å². The predicted octanol–water partition coefficient (Wildman–Crippen LogP) is 6.60. The lowest BCUT2D eigenvalue weighted by Crippen LogP contribution is -2.24. The van der Waals surface area contributed by atoms with E-state index in [-0.39, 0.29) is 0 Å². The van der Waals surface area contributed by atoms with Crippen molar-refractivity contribution in [2.24, 2.45) is 0 Å². The molecule has 0 bridgehead atoms. The molecule has 0 fully saturated rings. The zero-order chi connectivity index (χ0) is 24.6. The summed E-state index contributed by atoms with van der Waals surface area (Å²) in [6.45, 7) is 0.340. The summed E-state index contributed by atoms with van der Waals surface area (Å²) in [7, 11) is 0. The highest BCUT2D eigenvalue weighted by Crippen LogP contribution is 2.41. The monoisotopic (exact) mass is 521 g/mol. The van der Waals surface area contributed by atoms with E-state index in [2.05, 4.69) is 37.7 Å². The van der Waals surface area contributed by atoms with Gasteiger partial charge in [-0.25, -0.2) is 9.97 Å². The fraction of sp³-hybridized carbons (Fsp3) is 0.0714. The number of benzene rings is 3. The summed E-state index contributed by atoms with van der Waals surface area (Å²) >= 11 is 3.08. The average molecular weight is 522 g/mol. The molecule has 0 aliphatic carbocycles. The third-order valence-electron chi connectivity index (χ3n) is 6.08. The maximum absolute atomic E-state index is 6.30. The van der Waals surface area contributed by atoms with E-state index in [1.165, 1.54) is 11.8 Å². The second-order valence-corrected chi connectivity index (χ2v) is 10.2. The number of fused-ring (bicyclic) bond motifs is 2. The largest absolute Gasteiger partial charge is 0.485 e. The molecule has 0 radical (unpaired) electrons. The van der Waals surface area contributed by atoms with Gasteiger partial charge in [0.05, 0.1) is 5.39 Å². The van der Waals surface area contributed by atoms with Crippen molar-refractivity contribution in [2.45, 2.75) is 16.3 Å². The molecule has 0 saturated carbocycles. The van der Waals surface area contributed by atoms with E-state index in [4.69, 9.17) is 9.47 Å². The Morgan fingerprint density at radius 2 is 1.59 bits per heavy atom. The Kier molecular flexibility index (Phi) is 5.56. The molecule has 180 valence electrons. The molecule has 0 amide bonds. The summed E-state index contributed by atoms with van der Waals surface area (Å²) in [6, 6.07) is 28.0. The van der Waals surface area contributed by atoms with Crippen LogP contribution in [0.5, 0.6) is 11.5 Å². The first-order valence-electron chi connectivity index (χ1n) is 11.7. The lowest BCUT2D eigenvalue weighted by molar-refractivity contribution is 0.0835. The SMILES string of the molecule is c1ccc(-c2csc3ncnc(Sc4nnc([C@H]5COc6ccccc6O5)n4-c4ccccc4)c23)cc1. The zero-order valence-corrected chi connectivity index (χ0v) is 21.0. The molecule has 7 nitrogen and oxygen atoms in total. The molecule has 0 N–H and O–H groups in total. The van der Waals surface area contributed by atoms with Crippen LogP contribution < -0.4 is 9.47 Å². The van der Waals surface area contributed by atoms with Crippen molar-refractivity contribution in [1.29, 1.82) is 0 Å². The summed E-state index contributed by atoms with van der Waals surface area (Å²) in [5, 5.41) is 13.8. The first-order chi connectivity index (χ1) is 18.3. The molecule has 0 saturated heterocycles. The van der Waals surface area contributed by atoms with Crippen molar-refractivity contribution < 1.29 is 9.47 Å². The van der Waals surface area contributed by atoms with Gasteiger partial charge in [-0.15, -0.1) is 21.5 Å². The minimum atomic E-state index is -0.414. The van der Waals surface area contributed by atoms with Crippen LogP contribution in [0.2, 0.25) is 0 Å².